The SMILES string of the molecule is CCC(C)(C)C(=O)OCC[NH+](C)C.O=C([O-])c1ccccc1. The van der Waals surface area contributed by atoms with Gasteiger partial charge in [-0.1, -0.05) is 37.3 Å². The number of quaternary nitrogens is 1. The number of benzene rings is 1. The van der Waals surface area contributed by atoms with Crippen LogP contribution in [0.1, 0.15) is 37.6 Å². The summed E-state index contributed by atoms with van der Waals surface area (Å²) < 4.78 is 5.15. The fourth-order valence-corrected chi connectivity index (χ4v) is 1.26. The van der Waals surface area contributed by atoms with Crippen molar-refractivity contribution in [3.63, 3.8) is 0 Å². The van der Waals surface area contributed by atoms with Crippen LogP contribution in [0.5, 0.6) is 0 Å². The lowest BCUT2D eigenvalue weighted by molar-refractivity contribution is -0.858. The Morgan fingerprint density at radius 3 is 2.09 bits per heavy atom. The molecule has 5 nitrogen and oxygen atoms in total. The highest BCUT2D eigenvalue weighted by Crippen LogP contribution is 2.20. The van der Waals surface area contributed by atoms with Crippen LogP contribution < -0.4 is 10.0 Å². The fraction of sp³-hybridized carbons (Fsp3) is 0.529. The molecule has 1 aromatic carbocycles. The van der Waals surface area contributed by atoms with Gasteiger partial charge in [-0.15, -0.1) is 0 Å². The van der Waals surface area contributed by atoms with E-state index in [2.05, 4.69) is 0 Å². The van der Waals surface area contributed by atoms with Crippen molar-refractivity contribution in [3.8, 4) is 0 Å². The first kappa shape index (κ1) is 20.1. The molecule has 0 atom stereocenters. The molecular formula is C17H27NO4. The number of nitrogens with one attached hydrogen (secondary N) is 1. The number of likely N-dealkylation sites (N-methyl/N-ethyl adjacent to an activating group) is 1. The van der Waals surface area contributed by atoms with Crippen molar-refractivity contribution < 1.29 is 24.3 Å². The standard InChI is InChI=1S/C10H21NO2.C7H6O2/c1-6-10(2,3)9(12)13-8-7-11(4)5;8-7(9)6-4-2-1-3-5-6/h6-8H2,1-5H3;1-5H,(H,8,9). The van der Waals surface area contributed by atoms with Crippen LogP contribution in [-0.4, -0.2) is 39.2 Å². The normalized spacial score (nSPS) is 10.6. The topological polar surface area (TPSA) is 70.9 Å². The Labute approximate surface area is 132 Å². The van der Waals surface area contributed by atoms with Crippen LogP contribution in [0.25, 0.3) is 0 Å². The monoisotopic (exact) mass is 309 g/mol. The van der Waals surface area contributed by atoms with E-state index in [9.17, 15) is 14.7 Å². The number of carbonyl (C=O) groups is 2. The van der Waals surface area contributed by atoms with Gasteiger partial charge in [0, 0.05) is 0 Å². The number of carboxylic acid groups (broad SMARTS) is 1. The molecule has 0 saturated carbocycles. The first-order valence-electron chi connectivity index (χ1n) is 7.43. The lowest BCUT2D eigenvalue weighted by Gasteiger charge is -2.20. The van der Waals surface area contributed by atoms with Gasteiger partial charge >= 0.3 is 5.97 Å². The zero-order valence-electron chi connectivity index (χ0n) is 14.1. The van der Waals surface area contributed by atoms with Crippen molar-refractivity contribution >= 4 is 11.9 Å². The molecule has 0 spiro atoms. The zero-order chi connectivity index (χ0) is 17.2. The van der Waals surface area contributed by atoms with Gasteiger partial charge in [0.15, 0.2) is 0 Å². The zero-order valence-corrected chi connectivity index (χ0v) is 14.1. The summed E-state index contributed by atoms with van der Waals surface area (Å²) in [6.45, 7) is 7.21. The van der Waals surface area contributed by atoms with Crippen LogP contribution >= 0.6 is 0 Å². The van der Waals surface area contributed by atoms with E-state index in [0.29, 0.717) is 6.61 Å². The molecule has 0 bridgehead atoms. The molecule has 0 saturated heterocycles. The van der Waals surface area contributed by atoms with E-state index in [4.69, 9.17) is 4.74 Å². The smallest absolute Gasteiger partial charge is 0.311 e. The van der Waals surface area contributed by atoms with Gasteiger partial charge < -0.3 is 19.5 Å². The summed E-state index contributed by atoms with van der Waals surface area (Å²) in [6.07, 6.45) is 0.820. The highest BCUT2D eigenvalue weighted by Gasteiger charge is 2.26. The molecule has 0 amide bonds. The first-order chi connectivity index (χ1) is 10.2. The molecule has 1 rings (SSSR count). The Balaban J connectivity index is 0.000000425. The second-order valence-electron chi connectivity index (χ2n) is 5.98. The molecular weight excluding hydrogens is 282 g/mol. The second-order valence-corrected chi connectivity index (χ2v) is 5.98. The van der Waals surface area contributed by atoms with Crippen LogP contribution in [-0.2, 0) is 9.53 Å². The van der Waals surface area contributed by atoms with Gasteiger partial charge in [0.25, 0.3) is 0 Å². The maximum atomic E-state index is 11.4. The molecule has 1 N–H and O–H groups in total. The molecule has 22 heavy (non-hydrogen) atoms. The summed E-state index contributed by atoms with van der Waals surface area (Å²) in [5.74, 6) is -1.22. The van der Waals surface area contributed by atoms with Gasteiger partial charge in [-0.05, 0) is 25.8 Å². The van der Waals surface area contributed by atoms with Crippen molar-refractivity contribution in [1.82, 2.24) is 0 Å². The maximum absolute atomic E-state index is 11.4. The fourth-order valence-electron chi connectivity index (χ4n) is 1.26. The second kappa shape index (κ2) is 9.95. The molecule has 0 fully saturated rings. The average Bonchev–Trinajstić information content (AvgIpc) is 2.48. The van der Waals surface area contributed by atoms with Crippen LogP contribution in [0.15, 0.2) is 30.3 Å². The van der Waals surface area contributed by atoms with E-state index < -0.39 is 5.97 Å². The third-order valence-corrected chi connectivity index (χ3v) is 3.28. The highest BCUT2D eigenvalue weighted by molar-refractivity contribution is 5.85. The number of aromatic carboxylic acids is 1. The summed E-state index contributed by atoms with van der Waals surface area (Å²) in [7, 11) is 4.08. The van der Waals surface area contributed by atoms with E-state index in [1.54, 1.807) is 18.2 Å². The molecule has 0 aliphatic rings. The molecule has 124 valence electrons. The third-order valence-electron chi connectivity index (χ3n) is 3.28. The largest absolute Gasteiger partial charge is 0.545 e. The minimum Gasteiger partial charge on any atom is -0.545 e. The van der Waals surface area contributed by atoms with Gasteiger partial charge in [-0.3, -0.25) is 4.79 Å². The first-order valence-corrected chi connectivity index (χ1v) is 7.43. The van der Waals surface area contributed by atoms with E-state index in [0.717, 1.165) is 13.0 Å². The number of rotatable bonds is 6. The van der Waals surface area contributed by atoms with Crippen molar-refractivity contribution in [2.45, 2.75) is 27.2 Å². The quantitative estimate of drug-likeness (QED) is 0.760. The van der Waals surface area contributed by atoms with Gasteiger partial charge in [0.1, 0.15) is 13.2 Å². The summed E-state index contributed by atoms with van der Waals surface area (Å²) in [4.78, 5) is 22.8. The molecule has 5 heteroatoms. The minimum atomic E-state index is -1.13. The number of esters is 1. The van der Waals surface area contributed by atoms with E-state index in [-0.39, 0.29) is 16.9 Å². The highest BCUT2D eigenvalue weighted by atomic mass is 16.5. The van der Waals surface area contributed by atoms with E-state index in [1.165, 1.54) is 17.0 Å². The van der Waals surface area contributed by atoms with Crippen LogP contribution in [0.4, 0.5) is 0 Å². The number of ether oxygens (including phenoxy) is 1. The molecule has 0 aliphatic carbocycles. The summed E-state index contributed by atoms with van der Waals surface area (Å²) in [6, 6.07) is 8.06. The van der Waals surface area contributed by atoms with Crippen molar-refractivity contribution in [2.75, 3.05) is 27.2 Å². The number of carbonyl (C=O) groups excluding carboxylic acids is 2. The number of hydrogen-bond donors (Lipinski definition) is 1. The summed E-state index contributed by atoms with van der Waals surface area (Å²) in [5, 5.41) is 10.1. The van der Waals surface area contributed by atoms with E-state index >= 15 is 0 Å². The third kappa shape index (κ3) is 8.42. The average molecular weight is 309 g/mol. The van der Waals surface area contributed by atoms with E-state index in [1.807, 2.05) is 34.9 Å². The molecule has 1 aromatic rings. The number of hydrogen-bond acceptors (Lipinski definition) is 4. The van der Waals surface area contributed by atoms with Gasteiger partial charge in [-0.2, -0.15) is 0 Å². The predicted molar refractivity (Wildman–Crippen MR) is 83.5 cm³/mol. The summed E-state index contributed by atoms with van der Waals surface area (Å²) in [5.41, 5.74) is -0.112. The molecule has 0 unspecified atom stereocenters. The maximum Gasteiger partial charge on any atom is 0.311 e. The summed E-state index contributed by atoms with van der Waals surface area (Å²) >= 11 is 0. The van der Waals surface area contributed by atoms with Crippen LogP contribution in [0.3, 0.4) is 0 Å². The van der Waals surface area contributed by atoms with Gasteiger partial charge in [-0.25, -0.2) is 0 Å². The predicted octanol–water partition coefficient (Wildman–Crippen LogP) is 0.160. The Morgan fingerprint density at radius 1 is 1.18 bits per heavy atom. The lowest BCUT2D eigenvalue weighted by Crippen LogP contribution is -3.06. The Hall–Kier alpha value is -1.88. The number of carboxylic acids is 1. The lowest BCUT2D eigenvalue weighted by atomic mass is 9.91. The van der Waals surface area contributed by atoms with Gasteiger partial charge in [0.2, 0.25) is 0 Å². The van der Waals surface area contributed by atoms with Crippen LogP contribution in [0, 0.1) is 5.41 Å². The Kier molecular flexibility index (Phi) is 9.10. The van der Waals surface area contributed by atoms with Crippen molar-refractivity contribution in [1.29, 1.82) is 0 Å². The molecule has 0 heterocycles. The van der Waals surface area contributed by atoms with Crippen molar-refractivity contribution in [2.24, 2.45) is 5.41 Å². The van der Waals surface area contributed by atoms with Gasteiger partial charge in [0.05, 0.1) is 25.5 Å². The molecule has 0 aromatic heterocycles. The minimum absolute atomic E-state index is 0.0868. The van der Waals surface area contributed by atoms with Crippen LogP contribution in [0.2, 0.25) is 0 Å². The molecule has 0 aliphatic heterocycles. The Morgan fingerprint density at radius 2 is 1.73 bits per heavy atom. The van der Waals surface area contributed by atoms with Crippen molar-refractivity contribution in [3.05, 3.63) is 35.9 Å². The molecule has 0 radical (unpaired) electrons. The Bertz CT molecular complexity index is 455.